The van der Waals surface area contributed by atoms with Crippen LogP contribution in [0.25, 0.3) is 0 Å². The molecule has 3 fully saturated rings. The molecule has 3 heterocycles. The lowest BCUT2D eigenvalue weighted by Crippen LogP contribution is -2.60. The Hall–Kier alpha value is -4.44. The molecule has 13 N–H and O–H groups in total. The van der Waals surface area contributed by atoms with Crippen LogP contribution in [0.3, 0.4) is 0 Å². The van der Waals surface area contributed by atoms with Crippen LogP contribution in [-0.4, -0.2) is 166 Å². The van der Waals surface area contributed by atoms with Gasteiger partial charge in [-0.25, -0.2) is 4.79 Å². The fourth-order valence-corrected chi connectivity index (χ4v) is 7.28. The largest absolute Gasteiger partial charge is 0.480 e. The lowest BCUT2D eigenvalue weighted by Gasteiger charge is -2.30. The number of rotatable bonds is 22. The van der Waals surface area contributed by atoms with Gasteiger partial charge in [-0.05, 0) is 97.7 Å². The van der Waals surface area contributed by atoms with Crippen LogP contribution in [0.4, 0.5) is 0 Å². The minimum atomic E-state index is -1.56. The summed E-state index contributed by atoms with van der Waals surface area (Å²) in [7, 11) is 0. The maximum atomic E-state index is 13.6. The number of nitrogens with two attached hydrogens (primary N) is 2. The molecule has 3 saturated heterocycles. The molecule has 3 aliphatic heterocycles. The number of aliphatic hydroxyl groups is 2. The number of hydrogen-bond acceptors (Lipinski definition) is 13. The lowest BCUT2D eigenvalue weighted by atomic mass is 10.1. The molecule has 0 unspecified atom stereocenters. The first-order chi connectivity index (χ1) is 27.1. The van der Waals surface area contributed by atoms with Crippen molar-refractivity contribution < 1.29 is 53.7 Å². The van der Waals surface area contributed by atoms with Gasteiger partial charge in [0.25, 0.3) is 0 Å². The number of carboxylic acids is 1. The van der Waals surface area contributed by atoms with Crippen molar-refractivity contribution in [2.45, 2.75) is 139 Å². The van der Waals surface area contributed by atoms with E-state index in [1.807, 2.05) is 0 Å². The normalized spacial score (nSPS) is 23.1. The lowest BCUT2D eigenvalue weighted by molar-refractivity contribution is -0.145. The van der Waals surface area contributed by atoms with Crippen LogP contribution < -0.4 is 43.4 Å². The molecule has 322 valence electrons. The zero-order valence-electron chi connectivity index (χ0n) is 32.9. The molecule has 7 amide bonds. The fourth-order valence-electron chi connectivity index (χ4n) is 7.28. The van der Waals surface area contributed by atoms with Crippen LogP contribution in [0, 0.1) is 0 Å². The Morgan fingerprint density at radius 3 is 1.88 bits per heavy atom. The Morgan fingerprint density at radius 2 is 1.28 bits per heavy atom. The molecule has 21 nitrogen and oxygen atoms in total. The van der Waals surface area contributed by atoms with E-state index in [9.17, 15) is 53.7 Å². The molecule has 0 aromatic heterocycles. The molecule has 0 aromatic rings. The second kappa shape index (κ2) is 23.1. The van der Waals surface area contributed by atoms with Crippen LogP contribution in [0.1, 0.15) is 84.5 Å². The van der Waals surface area contributed by atoms with Gasteiger partial charge in [0, 0.05) is 19.5 Å². The first-order valence-electron chi connectivity index (χ1n) is 19.9. The third-order valence-corrected chi connectivity index (χ3v) is 10.5. The maximum absolute atomic E-state index is 13.6. The van der Waals surface area contributed by atoms with E-state index in [1.54, 1.807) is 0 Å². The molecule has 0 aromatic carbocycles. The summed E-state index contributed by atoms with van der Waals surface area (Å²) in [6.07, 6.45) is 3.19. The number of likely N-dealkylation sites (tertiary alicyclic amines) is 2. The molecule has 21 heteroatoms. The molecular weight excluding hydrogens is 748 g/mol. The minimum absolute atomic E-state index is 0.0711. The molecule has 0 aliphatic carbocycles. The predicted octanol–water partition coefficient (Wildman–Crippen LogP) is -4.51. The number of aliphatic carboxylic acids is 1. The number of nitrogens with zero attached hydrogens (tertiary/aromatic N) is 2. The first kappa shape index (κ1) is 46.9. The van der Waals surface area contributed by atoms with Crippen LogP contribution in [0.5, 0.6) is 0 Å². The SMILES string of the molecule is C[C@H](NC(=O)[C@H](CO)NC(=O)[C@H](CCCCN)NC(=O)[C@@H]1C[C@@H](O)CN1C(=O)[C@H](C)NC(=O)[C@@H]1CCCN1)C(=O)N1CCC[C@H]1C(=O)N[C@@H](CCCCN)C(=O)O. The van der Waals surface area contributed by atoms with Gasteiger partial charge in [-0.3, -0.25) is 33.6 Å². The summed E-state index contributed by atoms with van der Waals surface area (Å²) in [6, 6.07) is -8.77. The Morgan fingerprint density at radius 1 is 0.702 bits per heavy atom. The van der Waals surface area contributed by atoms with Crippen LogP contribution >= 0.6 is 0 Å². The zero-order valence-corrected chi connectivity index (χ0v) is 32.9. The summed E-state index contributed by atoms with van der Waals surface area (Å²) in [5.41, 5.74) is 11.1. The highest BCUT2D eigenvalue weighted by Crippen LogP contribution is 2.21. The monoisotopic (exact) mass is 810 g/mol. The van der Waals surface area contributed by atoms with Gasteiger partial charge < -0.3 is 68.5 Å². The van der Waals surface area contributed by atoms with Gasteiger partial charge in [0.2, 0.25) is 41.4 Å². The first-order valence-corrected chi connectivity index (χ1v) is 19.9. The van der Waals surface area contributed by atoms with E-state index in [-0.39, 0.29) is 44.7 Å². The molecule has 0 bridgehead atoms. The Bertz CT molecular complexity index is 1430. The molecule has 9 atom stereocenters. The van der Waals surface area contributed by atoms with Crippen LogP contribution in [-0.2, 0) is 38.4 Å². The minimum Gasteiger partial charge on any atom is -0.480 e. The number of unbranched alkanes of at least 4 members (excludes halogenated alkanes) is 2. The van der Waals surface area contributed by atoms with Crippen molar-refractivity contribution in [3.05, 3.63) is 0 Å². The van der Waals surface area contributed by atoms with Crippen molar-refractivity contribution in [3.8, 4) is 0 Å². The summed E-state index contributed by atoms with van der Waals surface area (Å²) in [5, 5.41) is 45.8. The summed E-state index contributed by atoms with van der Waals surface area (Å²) in [6.45, 7) is 3.32. The van der Waals surface area contributed by atoms with Gasteiger partial charge in [0.15, 0.2) is 0 Å². The van der Waals surface area contributed by atoms with Crippen molar-refractivity contribution in [2.24, 2.45) is 11.5 Å². The van der Waals surface area contributed by atoms with E-state index in [0.717, 1.165) is 11.3 Å². The van der Waals surface area contributed by atoms with Crippen molar-refractivity contribution in [1.29, 1.82) is 0 Å². The van der Waals surface area contributed by atoms with E-state index in [1.165, 1.54) is 18.7 Å². The van der Waals surface area contributed by atoms with E-state index in [2.05, 4.69) is 31.9 Å². The third kappa shape index (κ3) is 13.6. The van der Waals surface area contributed by atoms with Gasteiger partial charge >= 0.3 is 5.97 Å². The van der Waals surface area contributed by atoms with Crippen LogP contribution in [0.15, 0.2) is 0 Å². The van der Waals surface area contributed by atoms with Crippen molar-refractivity contribution in [1.82, 2.24) is 41.7 Å². The quantitative estimate of drug-likeness (QED) is 0.0460. The van der Waals surface area contributed by atoms with Crippen molar-refractivity contribution >= 4 is 47.3 Å². The summed E-state index contributed by atoms with van der Waals surface area (Å²) >= 11 is 0. The second-order valence-corrected chi connectivity index (χ2v) is 15.0. The molecule has 57 heavy (non-hydrogen) atoms. The number of carbonyl (C=O) groups is 8. The highest BCUT2D eigenvalue weighted by molar-refractivity contribution is 5.97. The standard InChI is InChI=1S/C36H62N10O11/c1-20(34(54)45-16-8-12-27(45)32(52)43-25(36(56)57)10-4-6-14-38)41-31(51)26(19-47)44-30(50)24(9-3-5-13-37)42-33(53)28-17-22(48)18-46(28)35(55)21(2)40-29(49)23-11-7-15-39-23/h20-28,39,47-48H,3-19,37-38H2,1-2H3,(H,40,49)(H,41,51)(H,42,53)(H,43,52)(H,44,50)(H,56,57)/t20-,21-,22+,23-,24-,25-,26-,27-,28-/m0/s1. The highest BCUT2D eigenvalue weighted by Gasteiger charge is 2.43. The van der Waals surface area contributed by atoms with Gasteiger partial charge in [0.1, 0.15) is 42.3 Å². The molecule has 0 radical (unpaired) electrons. The number of β-amino-alcohol motifs (C(OH)–C–C–N with tert-alkyl or cyclic N) is 1. The van der Waals surface area contributed by atoms with Crippen molar-refractivity contribution in [2.75, 3.05) is 39.3 Å². The summed E-state index contributed by atoms with van der Waals surface area (Å²) in [5.74, 6) is -5.94. The van der Waals surface area contributed by atoms with Crippen molar-refractivity contribution in [3.63, 3.8) is 0 Å². The summed E-state index contributed by atoms with van der Waals surface area (Å²) in [4.78, 5) is 107. The Kier molecular flexibility index (Phi) is 19.0. The molecule has 3 rings (SSSR count). The van der Waals surface area contributed by atoms with E-state index in [0.29, 0.717) is 58.2 Å². The number of hydrogen-bond donors (Lipinski definition) is 11. The van der Waals surface area contributed by atoms with Gasteiger partial charge in [-0.2, -0.15) is 0 Å². The molecular formula is C36H62N10O11. The molecule has 0 spiro atoms. The summed E-state index contributed by atoms with van der Waals surface area (Å²) < 4.78 is 0. The van der Waals surface area contributed by atoms with E-state index >= 15 is 0 Å². The average molecular weight is 811 g/mol. The fraction of sp³-hybridized carbons (Fsp3) is 0.778. The number of carbonyl (C=O) groups excluding carboxylic acids is 7. The Labute approximate surface area is 332 Å². The zero-order chi connectivity index (χ0) is 42.2. The molecule has 0 saturated carbocycles. The number of carboxylic acid groups (broad SMARTS) is 1. The van der Waals surface area contributed by atoms with Gasteiger partial charge in [-0.15, -0.1) is 0 Å². The predicted molar refractivity (Wildman–Crippen MR) is 203 cm³/mol. The number of nitrogens with one attached hydrogen (secondary N) is 6. The Balaban J connectivity index is 1.63. The third-order valence-electron chi connectivity index (χ3n) is 10.5. The number of amides is 7. The topological polar surface area (TPSA) is 328 Å². The highest BCUT2D eigenvalue weighted by atomic mass is 16.4. The van der Waals surface area contributed by atoms with Gasteiger partial charge in [0.05, 0.1) is 18.8 Å². The smallest absolute Gasteiger partial charge is 0.326 e. The molecule has 3 aliphatic rings. The van der Waals surface area contributed by atoms with E-state index in [4.69, 9.17) is 11.5 Å². The van der Waals surface area contributed by atoms with Gasteiger partial charge in [-0.1, -0.05) is 0 Å². The maximum Gasteiger partial charge on any atom is 0.326 e. The number of aliphatic hydroxyl groups excluding tert-OH is 2. The van der Waals surface area contributed by atoms with E-state index < -0.39 is 102 Å². The average Bonchev–Trinajstić information content (AvgIpc) is 3.97. The van der Waals surface area contributed by atoms with Crippen LogP contribution in [0.2, 0.25) is 0 Å². The second-order valence-electron chi connectivity index (χ2n) is 15.0.